The molecule has 0 aromatic carbocycles. The van der Waals surface area contributed by atoms with Crippen molar-refractivity contribution in [2.24, 2.45) is 5.73 Å². The van der Waals surface area contributed by atoms with Crippen LogP contribution in [-0.4, -0.2) is 18.5 Å². The molecule has 0 spiro atoms. The normalized spacial score (nSPS) is 12.2. The first kappa shape index (κ1) is 12.2. The number of carbonyl (C=O) groups is 1. The van der Waals surface area contributed by atoms with E-state index >= 15 is 0 Å². The van der Waals surface area contributed by atoms with Gasteiger partial charge in [0, 0.05) is 7.97 Å². The predicted molar refractivity (Wildman–Crippen MR) is 57.4 cm³/mol. The number of rotatable bonds is 7. The zero-order chi connectivity index (χ0) is 10.1. The molecule has 3 nitrogen and oxygen atoms in total. The van der Waals surface area contributed by atoms with Crippen LogP contribution in [0.15, 0.2) is 12.7 Å². The van der Waals surface area contributed by atoms with Gasteiger partial charge in [-0.05, 0) is 6.42 Å². The van der Waals surface area contributed by atoms with Gasteiger partial charge in [0.05, 0.1) is 6.04 Å². The summed E-state index contributed by atoms with van der Waals surface area (Å²) in [6.07, 6.45) is 5.75. The Morgan fingerprint density at radius 2 is 2.38 bits per heavy atom. The van der Waals surface area contributed by atoms with E-state index in [2.05, 4.69) is 18.8 Å². The number of unbranched alkanes of at least 4 members (excludes halogenated alkanes) is 2. The molecule has 1 amide bonds. The summed E-state index contributed by atoms with van der Waals surface area (Å²) in [5.74, 6) is -0.0731. The fraction of sp³-hybridized carbons (Fsp3) is 0.700. The van der Waals surface area contributed by atoms with Crippen molar-refractivity contribution < 1.29 is 6.22 Å². The van der Waals surface area contributed by atoms with E-state index in [-0.39, 0.29) is 13.4 Å². The second-order valence-electron chi connectivity index (χ2n) is 3.14. The van der Waals surface area contributed by atoms with Crippen LogP contribution in [0.4, 0.5) is 0 Å². The van der Waals surface area contributed by atoms with Crippen molar-refractivity contribution in [3.63, 3.8) is 0 Å². The molecule has 3 N–H and O–H groups in total. The monoisotopic (exact) mass is 186 g/mol. The van der Waals surface area contributed by atoms with Crippen LogP contribution in [0.5, 0.6) is 0 Å². The zero-order valence-electron chi connectivity index (χ0n) is 8.38. The Kier molecular flexibility index (Phi) is 7.30. The van der Waals surface area contributed by atoms with E-state index in [9.17, 15) is 4.79 Å². The number of amides is 1. The van der Waals surface area contributed by atoms with Crippen molar-refractivity contribution in [1.82, 2.24) is 5.32 Å². The highest BCUT2D eigenvalue weighted by atomic mass is 16.2. The molecule has 0 fully saturated rings. The summed E-state index contributed by atoms with van der Waals surface area (Å²) < 4.78 is 0. The minimum atomic E-state index is -0.355. The molecule has 78 valence electrons. The molecular formula is C10H22N2O. The molecule has 0 bridgehead atoms. The minimum absolute atomic E-state index is 0. The van der Waals surface area contributed by atoms with Gasteiger partial charge in [-0.3, -0.25) is 4.79 Å². The van der Waals surface area contributed by atoms with Crippen LogP contribution in [0.2, 0.25) is 0 Å². The number of nitrogens with two attached hydrogens (primary N) is 1. The largest absolute Gasteiger partial charge is 0.351 e. The number of hydrogen-bond donors (Lipinski definition) is 2. The van der Waals surface area contributed by atoms with E-state index in [1.807, 2.05) is 0 Å². The van der Waals surface area contributed by atoms with Gasteiger partial charge >= 0.3 is 0 Å². The average molecular weight is 186 g/mol. The molecule has 0 aliphatic heterocycles. The van der Waals surface area contributed by atoms with Gasteiger partial charge in [0.1, 0.15) is 0 Å². The smallest absolute Gasteiger partial charge is 0.237 e. The van der Waals surface area contributed by atoms with Gasteiger partial charge in [0.2, 0.25) is 5.91 Å². The molecule has 0 rings (SSSR count). The summed E-state index contributed by atoms with van der Waals surface area (Å²) in [5.41, 5.74) is 5.65. The lowest BCUT2D eigenvalue weighted by atomic mass is 10.1. The number of hydrogen-bond acceptors (Lipinski definition) is 2. The lowest BCUT2D eigenvalue weighted by molar-refractivity contribution is -0.122. The van der Waals surface area contributed by atoms with Crippen LogP contribution < -0.4 is 11.1 Å². The molecule has 13 heavy (non-hydrogen) atoms. The topological polar surface area (TPSA) is 55.1 Å². The summed E-state index contributed by atoms with van der Waals surface area (Å²) in [5, 5.41) is 2.68. The lowest BCUT2D eigenvalue weighted by Crippen LogP contribution is -2.40. The van der Waals surface area contributed by atoms with Crippen LogP contribution >= 0.6 is 0 Å². The van der Waals surface area contributed by atoms with Crippen LogP contribution in [0.3, 0.4) is 0 Å². The summed E-state index contributed by atoms with van der Waals surface area (Å²) in [4.78, 5) is 11.2. The first-order valence-corrected chi connectivity index (χ1v) is 4.86. The Bertz CT molecular complexity index is 162. The van der Waals surface area contributed by atoms with Gasteiger partial charge in [-0.1, -0.05) is 32.3 Å². The molecule has 3 heteroatoms. The van der Waals surface area contributed by atoms with Crippen LogP contribution in [0.25, 0.3) is 0 Å². The van der Waals surface area contributed by atoms with Crippen LogP contribution in [-0.2, 0) is 4.79 Å². The Hall–Kier alpha value is -0.830. The summed E-state index contributed by atoms with van der Waals surface area (Å²) in [7, 11) is 0. The highest BCUT2D eigenvalue weighted by Gasteiger charge is 2.10. The van der Waals surface area contributed by atoms with Gasteiger partial charge in [0.15, 0.2) is 0 Å². The molecule has 0 saturated carbocycles. The Labute approximate surface area is 81.9 Å². The standard InChI is InChI=1S/C10H20N2O.H2/c1-3-5-6-7-9(11)10(13)12-8-4-2;/h4,9H,2-3,5-8,11H2,1H3,(H,12,13);1H/t9-;/m1./s1. The fourth-order valence-corrected chi connectivity index (χ4v) is 1.05. The maximum atomic E-state index is 11.2. The van der Waals surface area contributed by atoms with Crippen LogP contribution in [0, 0.1) is 0 Å². The molecule has 1 atom stereocenters. The van der Waals surface area contributed by atoms with Crippen molar-refractivity contribution in [3.8, 4) is 0 Å². The highest BCUT2D eigenvalue weighted by Crippen LogP contribution is 2.01. The zero-order valence-corrected chi connectivity index (χ0v) is 8.38. The number of nitrogens with one attached hydrogen (secondary N) is 1. The molecule has 0 aliphatic carbocycles. The molecule has 0 unspecified atom stereocenters. The van der Waals surface area contributed by atoms with Crippen molar-refractivity contribution in [2.45, 2.75) is 38.6 Å². The molecule has 0 saturated heterocycles. The van der Waals surface area contributed by atoms with E-state index in [4.69, 9.17) is 5.73 Å². The lowest BCUT2D eigenvalue weighted by Gasteiger charge is -2.10. The molecular weight excluding hydrogens is 164 g/mol. The van der Waals surface area contributed by atoms with Gasteiger partial charge in [-0.25, -0.2) is 0 Å². The predicted octanol–water partition coefficient (Wildman–Crippen LogP) is 1.44. The minimum Gasteiger partial charge on any atom is -0.351 e. The molecule has 0 aliphatic rings. The third kappa shape index (κ3) is 6.34. The highest BCUT2D eigenvalue weighted by molar-refractivity contribution is 5.81. The summed E-state index contributed by atoms with van der Waals surface area (Å²) in [6, 6.07) is -0.355. The summed E-state index contributed by atoms with van der Waals surface area (Å²) >= 11 is 0. The second-order valence-corrected chi connectivity index (χ2v) is 3.14. The maximum Gasteiger partial charge on any atom is 0.237 e. The maximum absolute atomic E-state index is 11.2. The van der Waals surface area contributed by atoms with Crippen LogP contribution in [0.1, 0.15) is 34.0 Å². The second kappa shape index (κ2) is 7.80. The van der Waals surface area contributed by atoms with Crippen molar-refractivity contribution in [1.29, 1.82) is 0 Å². The van der Waals surface area contributed by atoms with E-state index < -0.39 is 0 Å². The van der Waals surface area contributed by atoms with Crippen molar-refractivity contribution in [2.75, 3.05) is 6.54 Å². The van der Waals surface area contributed by atoms with Gasteiger partial charge < -0.3 is 11.1 Å². The van der Waals surface area contributed by atoms with E-state index in [0.29, 0.717) is 6.54 Å². The van der Waals surface area contributed by atoms with Gasteiger partial charge in [-0.15, -0.1) is 6.58 Å². The third-order valence-corrected chi connectivity index (χ3v) is 1.88. The van der Waals surface area contributed by atoms with Crippen molar-refractivity contribution >= 4 is 5.91 Å². The van der Waals surface area contributed by atoms with Gasteiger partial charge in [0.25, 0.3) is 0 Å². The Morgan fingerprint density at radius 3 is 2.92 bits per heavy atom. The molecule has 0 heterocycles. The molecule has 0 radical (unpaired) electrons. The first-order chi connectivity index (χ1) is 6.22. The van der Waals surface area contributed by atoms with E-state index in [1.54, 1.807) is 6.08 Å². The Morgan fingerprint density at radius 1 is 1.69 bits per heavy atom. The molecule has 0 aromatic rings. The van der Waals surface area contributed by atoms with E-state index in [0.717, 1.165) is 25.7 Å². The Balaban J connectivity index is 0. The fourth-order valence-electron chi connectivity index (χ4n) is 1.05. The SMILES string of the molecule is C=CCNC(=O)[C@H](N)CCCCC.[HH]. The first-order valence-electron chi connectivity index (χ1n) is 4.86. The molecule has 0 aromatic heterocycles. The van der Waals surface area contributed by atoms with Crippen molar-refractivity contribution in [3.05, 3.63) is 12.7 Å². The quantitative estimate of drug-likeness (QED) is 0.467. The number of carbonyl (C=O) groups excluding carboxylic acids is 1. The summed E-state index contributed by atoms with van der Waals surface area (Å²) in [6.45, 7) is 6.14. The average Bonchev–Trinajstić information content (AvgIpc) is 2.14. The van der Waals surface area contributed by atoms with Gasteiger partial charge in [-0.2, -0.15) is 0 Å². The third-order valence-electron chi connectivity index (χ3n) is 1.88. The van der Waals surface area contributed by atoms with E-state index in [1.165, 1.54) is 0 Å².